The van der Waals surface area contributed by atoms with Crippen molar-refractivity contribution < 1.29 is 13.2 Å². The molecule has 130 valence electrons. The monoisotopic (exact) mass is 349 g/mol. The van der Waals surface area contributed by atoms with Crippen LogP contribution in [0, 0.1) is 17.2 Å². The van der Waals surface area contributed by atoms with Crippen molar-refractivity contribution in [1.29, 1.82) is 5.26 Å². The van der Waals surface area contributed by atoms with Crippen molar-refractivity contribution >= 4 is 15.9 Å². The van der Waals surface area contributed by atoms with Gasteiger partial charge in [-0.3, -0.25) is 4.79 Å². The molecule has 0 radical (unpaired) electrons. The van der Waals surface area contributed by atoms with E-state index >= 15 is 0 Å². The van der Waals surface area contributed by atoms with Crippen molar-refractivity contribution in [2.24, 2.45) is 5.92 Å². The molecule has 0 aliphatic heterocycles. The van der Waals surface area contributed by atoms with Gasteiger partial charge in [0, 0.05) is 31.6 Å². The Kier molecular flexibility index (Phi) is 6.35. The van der Waals surface area contributed by atoms with Gasteiger partial charge >= 0.3 is 0 Å². The Balaban J connectivity index is 2.06. The number of benzene rings is 1. The number of nitriles is 1. The van der Waals surface area contributed by atoms with Crippen LogP contribution < -0.4 is 4.72 Å². The molecule has 0 bridgehead atoms. The van der Waals surface area contributed by atoms with Gasteiger partial charge in [0.25, 0.3) is 5.91 Å². The summed E-state index contributed by atoms with van der Waals surface area (Å²) >= 11 is 0. The molecule has 1 aliphatic rings. The number of hydrogen-bond acceptors (Lipinski definition) is 4. The van der Waals surface area contributed by atoms with Gasteiger partial charge in [-0.25, -0.2) is 13.1 Å². The normalized spacial score (nSPS) is 14.2. The average Bonchev–Trinajstić information content (AvgIpc) is 3.38. The van der Waals surface area contributed by atoms with Crippen LogP contribution in [0.25, 0.3) is 0 Å². The second-order valence-corrected chi connectivity index (χ2v) is 7.79. The molecule has 1 fully saturated rings. The lowest BCUT2D eigenvalue weighted by Gasteiger charge is -2.22. The minimum absolute atomic E-state index is 0.0508. The highest BCUT2D eigenvalue weighted by Gasteiger charge is 2.27. The molecule has 0 spiro atoms. The Labute approximate surface area is 143 Å². The molecule has 0 saturated heterocycles. The maximum atomic E-state index is 12.6. The van der Waals surface area contributed by atoms with Gasteiger partial charge in [-0.15, -0.1) is 0 Å². The van der Waals surface area contributed by atoms with E-state index in [2.05, 4.69) is 4.72 Å². The second kappa shape index (κ2) is 8.27. The summed E-state index contributed by atoms with van der Waals surface area (Å²) in [7, 11) is -3.64. The smallest absolute Gasteiger partial charge is 0.253 e. The number of amides is 1. The molecule has 6 nitrogen and oxygen atoms in total. The molecule has 2 rings (SSSR count). The predicted molar refractivity (Wildman–Crippen MR) is 90.8 cm³/mol. The molecule has 1 aromatic rings. The summed E-state index contributed by atoms with van der Waals surface area (Å²) in [5.41, 5.74) is 0.500. The number of nitrogens with zero attached hydrogens (tertiary/aromatic N) is 2. The predicted octanol–water partition coefficient (Wildman–Crippen LogP) is 2.14. The number of carbonyl (C=O) groups excluding carboxylic acids is 1. The Bertz CT molecular complexity index is 704. The van der Waals surface area contributed by atoms with Gasteiger partial charge in [-0.2, -0.15) is 5.26 Å². The third kappa shape index (κ3) is 5.05. The highest BCUT2D eigenvalue weighted by molar-refractivity contribution is 7.89. The number of nitrogens with one attached hydrogen (secondary N) is 1. The summed E-state index contributed by atoms with van der Waals surface area (Å²) in [6.45, 7) is 3.61. The standard InChI is InChI=1S/C17H23N3O3S/c1-2-12-20(13-14-4-5-14)17(21)15-6-8-16(9-7-15)24(22,23)19-11-3-10-18/h6-9,14,19H,2-5,11-13H2,1H3. The Morgan fingerprint density at radius 3 is 2.54 bits per heavy atom. The van der Waals surface area contributed by atoms with Gasteiger partial charge in [-0.1, -0.05) is 6.92 Å². The molecule has 0 unspecified atom stereocenters. The van der Waals surface area contributed by atoms with Gasteiger partial charge in [-0.05, 0) is 49.4 Å². The third-order valence-corrected chi connectivity index (χ3v) is 5.37. The fourth-order valence-electron chi connectivity index (χ4n) is 2.44. The topological polar surface area (TPSA) is 90.3 Å². The number of hydrogen-bond donors (Lipinski definition) is 1. The maximum Gasteiger partial charge on any atom is 0.253 e. The lowest BCUT2D eigenvalue weighted by atomic mass is 10.2. The summed E-state index contributed by atoms with van der Waals surface area (Å²) in [6, 6.07) is 7.86. The van der Waals surface area contributed by atoms with E-state index in [1.54, 1.807) is 12.1 Å². The lowest BCUT2D eigenvalue weighted by Crippen LogP contribution is -2.33. The van der Waals surface area contributed by atoms with E-state index < -0.39 is 10.0 Å². The summed E-state index contributed by atoms with van der Waals surface area (Å²) < 4.78 is 26.5. The quantitative estimate of drug-likeness (QED) is 0.692. The fraction of sp³-hybridized carbons (Fsp3) is 0.529. The van der Waals surface area contributed by atoms with Crippen molar-refractivity contribution in [3.05, 3.63) is 29.8 Å². The largest absolute Gasteiger partial charge is 0.338 e. The minimum atomic E-state index is -3.64. The first kappa shape index (κ1) is 18.4. The molecular weight excluding hydrogens is 326 g/mol. The summed E-state index contributed by atoms with van der Waals surface area (Å²) in [6.07, 6.45) is 3.37. The van der Waals surface area contributed by atoms with Crippen LogP contribution in [0.15, 0.2) is 29.2 Å². The number of sulfonamides is 1. The molecular formula is C17H23N3O3S. The van der Waals surface area contributed by atoms with E-state index in [0.717, 1.165) is 13.0 Å². The van der Waals surface area contributed by atoms with Crippen molar-refractivity contribution in [3.8, 4) is 6.07 Å². The summed E-state index contributed by atoms with van der Waals surface area (Å²) in [5.74, 6) is 0.564. The van der Waals surface area contributed by atoms with Crippen LogP contribution in [0.3, 0.4) is 0 Å². The molecule has 1 aliphatic carbocycles. The molecule has 1 N–H and O–H groups in total. The Hall–Kier alpha value is -1.91. The van der Waals surface area contributed by atoms with Crippen LogP contribution in [0.4, 0.5) is 0 Å². The lowest BCUT2D eigenvalue weighted by molar-refractivity contribution is 0.0747. The van der Waals surface area contributed by atoms with E-state index in [1.165, 1.54) is 25.0 Å². The number of rotatable bonds is 9. The molecule has 1 aromatic carbocycles. The molecule has 0 heterocycles. The summed E-state index contributed by atoms with van der Waals surface area (Å²) in [5, 5.41) is 8.47. The highest BCUT2D eigenvalue weighted by atomic mass is 32.2. The minimum Gasteiger partial charge on any atom is -0.338 e. The van der Waals surface area contributed by atoms with Gasteiger partial charge in [0.1, 0.15) is 0 Å². The molecule has 1 saturated carbocycles. The van der Waals surface area contributed by atoms with Crippen molar-refractivity contribution in [3.63, 3.8) is 0 Å². The van der Waals surface area contributed by atoms with Crippen molar-refractivity contribution in [1.82, 2.24) is 9.62 Å². The van der Waals surface area contributed by atoms with E-state index in [9.17, 15) is 13.2 Å². The highest BCUT2D eigenvalue weighted by Crippen LogP contribution is 2.30. The number of carbonyl (C=O) groups is 1. The fourth-order valence-corrected chi connectivity index (χ4v) is 3.47. The Morgan fingerprint density at radius 2 is 2.00 bits per heavy atom. The van der Waals surface area contributed by atoms with Crippen LogP contribution in [-0.2, 0) is 10.0 Å². The summed E-state index contributed by atoms with van der Waals surface area (Å²) in [4.78, 5) is 14.5. The molecule has 0 aromatic heterocycles. The van der Waals surface area contributed by atoms with E-state index in [4.69, 9.17) is 5.26 Å². The molecule has 1 amide bonds. The van der Waals surface area contributed by atoms with Crippen LogP contribution >= 0.6 is 0 Å². The van der Waals surface area contributed by atoms with Crippen molar-refractivity contribution in [2.75, 3.05) is 19.6 Å². The van der Waals surface area contributed by atoms with E-state index in [0.29, 0.717) is 18.0 Å². The molecule has 0 atom stereocenters. The SMILES string of the molecule is CCCN(CC1CC1)C(=O)c1ccc(S(=O)(=O)NCCC#N)cc1. The first-order chi connectivity index (χ1) is 11.5. The van der Waals surface area contributed by atoms with Crippen LogP contribution in [-0.4, -0.2) is 38.9 Å². The van der Waals surface area contributed by atoms with Gasteiger partial charge in [0.15, 0.2) is 0 Å². The van der Waals surface area contributed by atoms with Gasteiger partial charge in [0.2, 0.25) is 10.0 Å². The zero-order chi connectivity index (χ0) is 17.6. The van der Waals surface area contributed by atoms with Gasteiger partial charge in [0.05, 0.1) is 11.0 Å². The van der Waals surface area contributed by atoms with Crippen LogP contribution in [0.2, 0.25) is 0 Å². The zero-order valence-corrected chi connectivity index (χ0v) is 14.7. The second-order valence-electron chi connectivity index (χ2n) is 6.02. The van der Waals surface area contributed by atoms with Crippen LogP contribution in [0.5, 0.6) is 0 Å². The maximum absolute atomic E-state index is 12.6. The third-order valence-electron chi connectivity index (χ3n) is 3.90. The van der Waals surface area contributed by atoms with Crippen LogP contribution in [0.1, 0.15) is 43.0 Å². The van der Waals surface area contributed by atoms with E-state index in [-0.39, 0.29) is 23.8 Å². The van der Waals surface area contributed by atoms with Crippen molar-refractivity contribution in [2.45, 2.75) is 37.5 Å². The average molecular weight is 349 g/mol. The van der Waals surface area contributed by atoms with Gasteiger partial charge < -0.3 is 4.90 Å². The van der Waals surface area contributed by atoms with E-state index in [1.807, 2.05) is 17.9 Å². The molecule has 24 heavy (non-hydrogen) atoms. The first-order valence-electron chi connectivity index (χ1n) is 8.24. The molecule has 7 heteroatoms. The Morgan fingerprint density at radius 1 is 1.33 bits per heavy atom. The first-order valence-corrected chi connectivity index (χ1v) is 9.72. The zero-order valence-electron chi connectivity index (χ0n) is 13.9.